The monoisotopic (exact) mass is 448 g/mol. The summed E-state index contributed by atoms with van der Waals surface area (Å²) in [5, 5.41) is 3.33. The molecule has 1 aromatic heterocycles. The Morgan fingerprint density at radius 3 is 2.78 bits per heavy atom. The number of para-hydroxylation sites is 1. The van der Waals surface area contributed by atoms with Crippen LogP contribution in [-0.4, -0.2) is 24.6 Å². The van der Waals surface area contributed by atoms with Crippen molar-refractivity contribution in [3.63, 3.8) is 0 Å². The van der Waals surface area contributed by atoms with Crippen LogP contribution in [0.1, 0.15) is 30.9 Å². The molecule has 0 bridgehead atoms. The number of amides is 1. The van der Waals surface area contributed by atoms with E-state index in [1.807, 2.05) is 37.3 Å². The first-order valence-corrected chi connectivity index (χ1v) is 10.2. The van der Waals surface area contributed by atoms with E-state index < -0.39 is 0 Å². The number of ether oxygens (including phenoxy) is 2. The number of nitrogens with zero attached hydrogens (tertiary/aromatic N) is 1. The third-order valence-electron chi connectivity index (χ3n) is 4.12. The van der Waals surface area contributed by atoms with E-state index in [0.717, 1.165) is 31.6 Å². The highest BCUT2D eigenvalue weighted by atomic mass is 79.9. The molecule has 5 nitrogen and oxygen atoms in total. The van der Waals surface area contributed by atoms with Gasteiger partial charge in [0, 0.05) is 4.47 Å². The molecule has 1 heterocycles. The minimum Gasteiger partial charge on any atom is -0.494 e. The summed E-state index contributed by atoms with van der Waals surface area (Å²) in [6, 6.07) is 9.70. The predicted octanol–water partition coefficient (Wildman–Crippen LogP) is 5.52. The summed E-state index contributed by atoms with van der Waals surface area (Å²) in [5.41, 5.74) is 2.87. The average Bonchev–Trinajstić information content (AvgIpc) is 3.04. The first-order chi connectivity index (χ1) is 12.9. The molecule has 0 radical (unpaired) electrons. The summed E-state index contributed by atoms with van der Waals surface area (Å²) in [4.78, 5) is 16.8. The van der Waals surface area contributed by atoms with E-state index in [1.54, 1.807) is 7.11 Å². The maximum absolute atomic E-state index is 12.3. The fraction of sp³-hybridized carbons (Fsp3) is 0.300. The number of nitrogens with one attached hydrogen (secondary N) is 1. The largest absolute Gasteiger partial charge is 0.494 e. The molecule has 142 valence electrons. The second-order valence-electron chi connectivity index (χ2n) is 6.46. The van der Waals surface area contributed by atoms with Gasteiger partial charge in [-0.2, -0.15) is 0 Å². The Kier molecular flexibility index (Phi) is 6.01. The van der Waals surface area contributed by atoms with Gasteiger partial charge in [-0.15, -0.1) is 0 Å². The molecule has 1 N–H and O–H groups in total. The summed E-state index contributed by atoms with van der Waals surface area (Å²) >= 11 is 4.95. The summed E-state index contributed by atoms with van der Waals surface area (Å²) in [6.07, 6.45) is 0. The van der Waals surface area contributed by atoms with Crippen molar-refractivity contribution in [2.45, 2.75) is 26.7 Å². The van der Waals surface area contributed by atoms with E-state index in [0.29, 0.717) is 10.9 Å². The second-order valence-corrected chi connectivity index (χ2v) is 8.34. The van der Waals surface area contributed by atoms with Crippen molar-refractivity contribution in [1.82, 2.24) is 4.98 Å². The molecule has 2 aromatic carbocycles. The van der Waals surface area contributed by atoms with Gasteiger partial charge in [0.15, 0.2) is 11.7 Å². The van der Waals surface area contributed by atoms with Gasteiger partial charge in [0.25, 0.3) is 5.91 Å². The molecule has 3 rings (SSSR count). The third-order valence-corrected chi connectivity index (χ3v) is 5.91. The normalized spacial score (nSPS) is 11.0. The minimum absolute atomic E-state index is 0.0755. The molecule has 0 spiro atoms. The van der Waals surface area contributed by atoms with Crippen LogP contribution in [0.15, 0.2) is 34.8 Å². The Morgan fingerprint density at radius 1 is 1.30 bits per heavy atom. The standard InChI is InChI=1S/C20H21BrN2O3S/c1-11(2)13-9-14(21)12(3)8-16(13)26-10-18(24)22-20-23-19-15(25-4)6-5-7-17(19)27-20/h5-9,11H,10H2,1-4H3,(H,22,23,24). The second kappa shape index (κ2) is 8.27. The van der Waals surface area contributed by atoms with Gasteiger partial charge in [-0.05, 0) is 48.2 Å². The molecule has 0 aliphatic rings. The van der Waals surface area contributed by atoms with Gasteiger partial charge in [0.1, 0.15) is 17.0 Å². The molecule has 3 aromatic rings. The maximum atomic E-state index is 12.3. The number of hydrogen-bond donors (Lipinski definition) is 1. The van der Waals surface area contributed by atoms with Crippen LogP contribution in [-0.2, 0) is 4.79 Å². The molecule has 27 heavy (non-hydrogen) atoms. The topological polar surface area (TPSA) is 60.5 Å². The van der Waals surface area contributed by atoms with E-state index in [1.165, 1.54) is 11.3 Å². The zero-order valence-corrected chi connectivity index (χ0v) is 18.0. The number of benzene rings is 2. The molecule has 1 amide bonds. The zero-order chi connectivity index (χ0) is 19.6. The van der Waals surface area contributed by atoms with E-state index in [9.17, 15) is 4.79 Å². The van der Waals surface area contributed by atoms with Gasteiger partial charge in [0.05, 0.1) is 11.8 Å². The van der Waals surface area contributed by atoms with Crippen molar-refractivity contribution in [2.24, 2.45) is 0 Å². The van der Waals surface area contributed by atoms with E-state index in [-0.39, 0.29) is 18.4 Å². The average molecular weight is 449 g/mol. The predicted molar refractivity (Wildman–Crippen MR) is 113 cm³/mol. The molecule has 0 aliphatic carbocycles. The summed E-state index contributed by atoms with van der Waals surface area (Å²) in [5.74, 6) is 1.46. The van der Waals surface area contributed by atoms with Gasteiger partial charge in [-0.3, -0.25) is 10.1 Å². The fourth-order valence-electron chi connectivity index (χ4n) is 2.69. The van der Waals surface area contributed by atoms with Crippen LogP contribution in [0.5, 0.6) is 11.5 Å². The van der Waals surface area contributed by atoms with Crippen molar-refractivity contribution < 1.29 is 14.3 Å². The van der Waals surface area contributed by atoms with Gasteiger partial charge in [0.2, 0.25) is 0 Å². The number of aromatic nitrogens is 1. The van der Waals surface area contributed by atoms with Crippen molar-refractivity contribution in [3.05, 3.63) is 45.9 Å². The first kappa shape index (κ1) is 19.6. The highest BCUT2D eigenvalue weighted by molar-refractivity contribution is 9.10. The number of fused-ring (bicyclic) bond motifs is 1. The highest BCUT2D eigenvalue weighted by Crippen LogP contribution is 2.33. The Bertz CT molecular complexity index is 985. The summed E-state index contributed by atoms with van der Waals surface area (Å²) in [6.45, 7) is 6.11. The molecule has 0 unspecified atom stereocenters. The summed E-state index contributed by atoms with van der Waals surface area (Å²) < 4.78 is 13.1. The Morgan fingerprint density at radius 2 is 2.07 bits per heavy atom. The fourth-order valence-corrected chi connectivity index (χ4v) is 3.95. The van der Waals surface area contributed by atoms with Crippen molar-refractivity contribution >= 4 is 48.5 Å². The lowest BCUT2D eigenvalue weighted by molar-refractivity contribution is -0.118. The molecule has 0 atom stereocenters. The SMILES string of the molecule is COc1cccc2sc(NC(=O)COc3cc(C)c(Br)cc3C(C)C)nc12. The number of carbonyl (C=O) groups is 1. The van der Waals surface area contributed by atoms with Crippen LogP contribution in [0.4, 0.5) is 5.13 Å². The molecule has 7 heteroatoms. The highest BCUT2D eigenvalue weighted by Gasteiger charge is 2.14. The van der Waals surface area contributed by atoms with Gasteiger partial charge < -0.3 is 9.47 Å². The molecular weight excluding hydrogens is 428 g/mol. The van der Waals surface area contributed by atoms with E-state index in [2.05, 4.69) is 40.1 Å². The maximum Gasteiger partial charge on any atom is 0.264 e. The molecule has 0 saturated heterocycles. The van der Waals surface area contributed by atoms with Crippen molar-refractivity contribution in [1.29, 1.82) is 0 Å². The molecular formula is C20H21BrN2O3S. The van der Waals surface area contributed by atoms with Crippen LogP contribution in [0.2, 0.25) is 0 Å². The van der Waals surface area contributed by atoms with Crippen LogP contribution < -0.4 is 14.8 Å². The van der Waals surface area contributed by atoms with Crippen LogP contribution in [0, 0.1) is 6.92 Å². The van der Waals surface area contributed by atoms with Crippen molar-refractivity contribution in [3.8, 4) is 11.5 Å². The van der Waals surface area contributed by atoms with E-state index >= 15 is 0 Å². The number of rotatable bonds is 6. The quantitative estimate of drug-likeness (QED) is 0.539. The Hall–Kier alpha value is -2.12. The Labute approximate surface area is 170 Å². The Balaban J connectivity index is 1.71. The molecule has 0 saturated carbocycles. The number of anilines is 1. The lowest BCUT2D eigenvalue weighted by Gasteiger charge is -2.15. The number of hydrogen-bond acceptors (Lipinski definition) is 5. The first-order valence-electron chi connectivity index (χ1n) is 8.55. The number of methoxy groups -OCH3 is 1. The lowest BCUT2D eigenvalue weighted by atomic mass is 10.0. The number of carbonyl (C=O) groups excluding carboxylic acids is 1. The smallest absolute Gasteiger partial charge is 0.264 e. The zero-order valence-electron chi connectivity index (χ0n) is 15.6. The van der Waals surface area contributed by atoms with E-state index in [4.69, 9.17) is 9.47 Å². The van der Waals surface area contributed by atoms with Crippen LogP contribution in [0.3, 0.4) is 0 Å². The number of thiazole rings is 1. The summed E-state index contributed by atoms with van der Waals surface area (Å²) in [7, 11) is 1.60. The minimum atomic E-state index is -0.247. The van der Waals surface area contributed by atoms with Gasteiger partial charge in [-0.1, -0.05) is 47.2 Å². The van der Waals surface area contributed by atoms with Crippen molar-refractivity contribution in [2.75, 3.05) is 19.0 Å². The van der Waals surface area contributed by atoms with Crippen LogP contribution in [0.25, 0.3) is 10.2 Å². The lowest BCUT2D eigenvalue weighted by Crippen LogP contribution is -2.20. The third kappa shape index (κ3) is 4.42. The molecule has 0 aliphatic heterocycles. The number of halogens is 1. The van der Waals surface area contributed by atoms with Gasteiger partial charge in [-0.25, -0.2) is 4.98 Å². The number of aryl methyl sites for hydroxylation is 1. The molecule has 0 fully saturated rings. The van der Waals surface area contributed by atoms with Gasteiger partial charge >= 0.3 is 0 Å². The van der Waals surface area contributed by atoms with Crippen LogP contribution >= 0.6 is 27.3 Å².